The Morgan fingerprint density at radius 2 is 2.24 bits per heavy atom. The highest BCUT2D eigenvalue weighted by Crippen LogP contribution is 2.26. The molecular weight excluding hydrogens is 310 g/mol. The van der Waals surface area contributed by atoms with E-state index in [2.05, 4.69) is 4.90 Å². The summed E-state index contributed by atoms with van der Waals surface area (Å²) in [4.78, 5) is 2.19. The normalized spacial score (nSPS) is 19.9. The van der Waals surface area contributed by atoms with E-state index in [0.29, 0.717) is 12.5 Å². The lowest BCUT2D eigenvalue weighted by atomic mass is 10.1. The smallest absolute Gasteiger partial charge is 0.244 e. The monoisotopic (exact) mass is 327 g/mol. The maximum atomic E-state index is 12.6. The van der Waals surface area contributed by atoms with Crippen LogP contribution in [0.2, 0.25) is 5.02 Å². The van der Waals surface area contributed by atoms with E-state index < -0.39 is 10.0 Å². The molecular formula is C14H18ClN3O2S. The number of hydrogen-bond acceptors (Lipinski definition) is 4. The summed E-state index contributed by atoms with van der Waals surface area (Å²) < 4.78 is 26.6. The number of sulfonamides is 1. The molecule has 0 bridgehead atoms. The van der Waals surface area contributed by atoms with Crippen molar-refractivity contribution in [1.82, 2.24) is 9.21 Å². The lowest BCUT2D eigenvalue weighted by molar-refractivity contribution is 0.357. The van der Waals surface area contributed by atoms with Gasteiger partial charge in [-0.25, -0.2) is 12.7 Å². The van der Waals surface area contributed by atoms with Crippen LogP contribution in [0.1, 0.15) is 12.0 Å². The van der Waals surface area contributed by atoms with Gasteiger partial charge in [0.15, 0.2) is 0 Å². The van der Waals surface area contributed by atoms with Crippen molar-refractivity contribution in [2.75, 3.05) is 33.7 Å². The molecule has 1 unspecified atom stereocenters. The largest absolute Gasteiger partial charge is 0.306 e. The summed E-state index contributed by atoms with van der Waals surface area (Å²) >= 11 is 6.00. The van der Waals surface area contributed by atoms with Crippen LogP contribution < -0.4 is 0 Å². The molecule has 7 heteroatoms. The molecule has 5 nitrogen and oxygen atoms in total. The fourth-order valence-corrected chi connectivity index (χ4v) is 4.32. The average molecular weight is 328 g/mol. The summed E-state index contributed by atoms with van der Waals surface area (Å²) in [6.45, 7) is 2.34. The van der Waals surface area contributed by atoms with Gasteiger partial charge in [0, 0.05) is 20.1 Å². The Kier molecular flexibility index (Phi) is 4.89. The van der Waals surface area contributed by atoms with E-state index >= 15 is 0 Å². The molecule has 2 rings (SSSR count). The van der Waals surface area contributed by atoms with Gasteiger partial charge in [0.2, 0.25) is 10.0 Å². The number of rotatable bonds is 4. The summed E-state index contributed by atoms with van der Waals surface area (Å²) in [5.41, 5.74) is 0.284. The third-order valence-corrected chi connectivity index (χ3v) is 6.06. The Morgan fingerprint density at radius 3 is 2.81 bits per heavy atom. The summed E-state index contributed by atoms with van der Waals surface area (Å²) in [5, 5.41) is 9.05. The van der Waals surface area contributed by atoms with Crippen molar-refractivity contribution in [3.05, 3.63) is 28.8 Å². The minimum atomic E-state index is -3.68. The van der Waals surface area contributed by atoms with E-state index in [1.807, 2.05) is 13.1 Å². The molecule has 1 aliphatic heterocycles. The summed E-state index contributed by atoms with van der Waals surface area (Å²) in [6, 6.07) is 6.22. The number of halogens is 1. The SMILES string of the molecule is CN1CCC(CN(C)S(=O)(=O)c2cc(C#N)ccc2Cl)C1. The predicted molar refractivity (Wildman–Crippen MR) is 81.6 cm³/mol. The maximum Gasteiger partial charge on any atom is 0.244 e. The van der Waals surface area contributed by atoms with Crippen molar-refractivity contribution in [2.45, 2.75) is 11.3 Å². The van der Waals surface area contributed by atoms with Crippen molar-refractivity contribution in [3.63, 3.8) is 0 Å². The minimum absolute atomic E-state index is 0.00271. The van der Waals surface area contributed by atoms with Crippen molar-refractivity contribution in [1.29, 1.82) is 5.26 Å². The number of benzene rings is 1. The lowest BCUT2D eigenvalue weighted by Gasteiger charge is -2.21. The zero-order valence-electron chi connectivity index (χ0n) is 12.1. The zero-order chi connectivity index (χ0) is 15.6. The standard InChI is InChI=1S/C14H18ClN3O2S/c1-17-6-5-12(9-17)10-18(2)21(19,20)14-7-11(8-16)3-4-13(14)15/h3-4,7,12H,5-6,9-10H2,1-2H3. The average Bonchev–Trinajstić information content (AvgIpc) is 2.84. The number of likely N-dealkylation sites (tertiary alicyclic amines) is 1. The van der Waals surface area contributed by atoms with Crippen LogP contribution in [-0.2, 0) is 10.0 Å². The van der Waals surface area contributed by atoms with Crippen LogP contribution in [0, 0.1) is 17.2 Å². The maximum absolute atomic E-state index is 12.6. The first kappa shape index (κ1) is 16.2. The Labute approximate surface area is 130 Å². The molecule has 0 amide bonds. The Morgan fingerprint density at radius 1 is 1.52 bits per heavy atom. The molecule has 0 aromatic heterocycles. The molecule has 0 saturated carbocycles. The molecule has 1 atom stereocenters. The second-order valence-corrected chi connectivity index (χ2v) is 7.88. The van der Waals surface area contributed by atoms with Crippen LogP contribution in [0.4, 0.5) is 0 Å². The highest BCUT2D eigenvalue weighted by Gasteiger charge is 2.28. The first-order chi connectivity index (χ1) is 9.84. The molecule has 114 valence electrons. The fourth-order valence-electron chi connectivity index (χ4n) is 2.58. The van der Waals surface area contributed by atoms with Gasteiger partial charge in [0.25, 0.3) is 0 Å². The molecule has 0 aliphatic carbocycles. The van der Waals surface area contributed by atoms with E-state index in [1.165, 1.54) is 22.5 Å². The molecule has 1 aromatic rings. The van der Waals surface area contributed by atoms with Gasteiger partial charge in [-0.05, 0) is 44.1 Å². The van der Waals surface area contributed by atoms with E-state index in [1.54, 1.807) is 7.05 Å². The van der Waals surface area contributed by atoms with Gasteiger partial charge in [-0.2, -0.15) is 5.26 Å². The minimum Gasteiger partial charge on any atom is -0.306 e. The first-order valence-corrected chi connectivity index (χ1v) is 8.51. The summed E-state index contributed by atoms with van der Waals surface area (Å²) in [6.07, 6.45) is 0.988. The van der Waals surface area contributed by atoms with E-state index in [0.717, 1.165) is 19.5 Å². The molecule has 1 fully saturated rings. The zero-order valence-corrected chi connectivity index (χ0v) is 13.7. The number of hydrogen-bond donors (Lipinski definition) is 0. The summed E-state index contributed by atoms with van der Waals surface area (Å²) in [7, 11) is -0.0874. The van der Waals surface area contributed by atoms with Gasteiger partial charge < -0.3 is 4.90 Å². The van der Waals surface area contributed by atoms with Crippen LogP contribution in [-0.4, -0.2) is 51.4 Å². The third kappa shape index (κ3) is 3.55. The number of nitrogens with zero attached hydrogens (tertiary/aromatic N) is 3. The van der Waals surface area contributed by atoms with Crippen molar-refractivity contribution in [2.24, 2.45) is 5.92 Å². The van der Waals surface area contributed by atoms with E-state index in [4.69, 9.17) is 16.9 Å². The van der Waals surface area contributed by atoms with E-state index in [9.17, 15) is 8.42 Å². The molecule has 0 N–H and O–H groups in total. The van der Waals surface area contributed by atoms with Crippen LogP contribution in [0.15, 0.2) is 23.1 Å². The van der Waals surface area contributed by atoms with Gasteiger partial charge in [0.05, 0.1) is 16.7 Å². The quantitative estimate of drug-likeness (QED) is 0.845. The molecule has 1 heterocycles. The molecule has 0 spiro atoms. The number of nitriles is 1. The molecule has 21 heavy (non-hydrogen) atoms. The molecule has 1 aliphatic rings. The first-order valence-electron chi connectivity index (χ1n) is 6.69. The van der Waals surface area contributed by atoms with E-state index in [-0.39, 0.29) is 15.5 Å². The lowest BCUT2D eigenvalue weighted by Crippen LogP contribution is -2.33. The van der Waals surface area contributed by atoms with Gasteiger partial charge in [-0.1, -0.05) is 11.6 Å². The molecule has 0 radical (unpaired) electrons. The van der Waals surface area contributed by atoms with Gasteiger partial charge >= 0.3 is 0 Å². The Balaban J connectivity index is 2.23. The van der Waals surface area contributed by atoms with Gasteiger partial charge in [-0.3, -0.25) is 0 Å². The van der Waals surface area contributed by atoms with Crippen LogP contribution in [0.25, 0.3) is 0 Å². The second-order valence-electron chi connectivity index (χ2n) is 5.46. The van der Waals surface area contributed by atoms with Crippen molar-refractivity contribution >= 4 is 21.6 Å². The van der Waals surface area contributed by atoms with Crippen LogP contribution in [0.3, 0.4) is 0 Å². The fraction of sp³-hybridized carbons (Fsp3) is 0.500. The van der Waals surface area contributed by atoms with Gasteiger partial charge in [-0.15, -0.1) is 0 Å². The topological polar surface area (TPSA) is 64.4 Å². The van der Waals surface area contributed by atoms with Crippen LogP contribution >= 0.6 is 11.6 Å². The van der Waals surface area contributed by atoms with Gasteiger partial charge in [0.1, 0.15) is 4.90 Å². The highest BCUT2D eigenvalue weighted by atomic mass is 35.5. The third-order valence-electron chi connectivity index (χ3n) is 3.75. The van der Waals surface area contributed by atoms with Crippen molar-refractivity contribution < 1.29 is 8.42 Å². The summed E-state index contributed by atoms with van der Waals surface area (Å²) in [5.74, 6) is 0.327. The predicted octanol–water partition coefficient (Wildman–Crippen LogP) is 1.78. The molecule has 1 saturated heterocycles. The van der Waals surface area contributed by atoms with Crippen molar-refractivity contribution in [3.8, 4) is 6.07 Å². The highest BCUT2D eigenvalue weighted by molar-refractivity contribution is 7.89. The Bertz CT molecular complexity index is 669. The second kappa shape index (κ2) is 6.32. The van der Waals surface area contributed by atoms with Crippen LogP contribution in [0.5, 0.6) is 0 Å². The molecule has 1 aromatic carbocycles. The Hall–Kier alpha value is -1.13.